The number of carbonyl (C=O) groups is 1. The van der Waals surface area contributed by atoms with Crippen LogP contribution in [0, 0.1) is 5.41 Å². The second kappa shape index (κ2) is 6.97. The number of nitrogens with one attached hydrogen (secondary N) is 2. The van der Waals surface area contributed by atoms with Gasteiger partial charge in [0, 0.05) is 6.54 Å². The highest BCUT2D eigenvalue weighted by Crippen LogP contribution is 2.32. The molecule has 4 heteroatoms. The molecule has 0 saturated carbocycles. The standard InChI is InChI=1S/C13H26N2O2/c1-3-6-13(7-5-8-14-10-13)12(17)15-11(4-2)9-16/h11,14,16H,3-10H2,1-2H3,(H,15,17). The van der Waals surface area contributed by atoms with Crippen molar-refractivity contribution in [2.45, 2.75) is 52.0 Å². The number of aliphatic hydroxyl groups excluding tert-OH is 1. The van der Waals surface area contributed by atoms with E-state index in [2.05, 4.69) is 17.6 Å². The van der Waals surface area contributed by atoms with E-state index < -0.39 is 0 Å². The van der Waals surface area contributed by atoms with Crippen molar-refractivity contribution in [1.82, 2.24) is 10.6 Å². The highest BCUT2D eigenvalue weighted by molar-refractivity contribution is 5.83. The first-order chi connectivity index (χ1) is 8.18. The zero-order valence-corrected chi connectivity index (χ0v) is 11.1. The normalized spacial score (nSPS) is 26.5. The van der Waals surface area contributed by atoms with E-state index in [-0.39, 0.29) is 24.0 Å². The van der Waals surface area contributed by atoms with Gasteiger partial charge in [0.2, 0.25) is 5.91 Å². The first-order valence-electron chi connectivity index (χ1n) is 6.81. The lowest BCUT2D eigenvalue weighted by atomic mass is 9.76. The monoisotopic (exact) mass is 242 g/mol. The van der Waals surface area contributed by atoms with Gasteiger partial charge in [-0.2, -0.15) is 0 Å². The van der Waals surface area contributed by atoms with Gasteiger partial charge in [-0.1, -0.05) is 20.3 Å². The highest BCUT2D eigenvalue weighted by atomic mass is 16.3. The fourth-order valence-electron chi connectivity index (χ4n) is 2.58. The lowest BCUT2D eigenvalue weighted by Gasteiger charge is -2.37. The molecule has 0 bridgehead atoms. The second-order valence-electron chi connectivity index (χ2n) is 5.07. The Morgan fingerprint density at radius 1 is 1.53 bits per heavy atom. The van der Waals surface area contributed by atoms with Crippen molar-refractivity contribution < 1.29 is 9.90 Å². The van der Waals surface area contributed by atoms with Crippen LogP contribution in [0.15, 0.2) is 0 Å². The van der Waals surface area contributed by atoms with E-state index in [4.69, 9.17) is 5.11 Å². The molecule has 0 radical (unpaired) electrons. The van der Waals surface area contributed by atoms with Crippen molar-refractivity contribution in [2.24, 2.45) is 5.41 Å². The first kappa shape index (κ1) is 14.5. The van der Waals surface area contributed by atoms with Crippen molar-refractivity contribution in [3.63, 3.8) is 0 Å². The Morgan fingerprint density at radius 3 is 2.76 bits per heavy atom. The fraction of sp³-hybridized carbons (Fsp3) is 0.923. The molecule has 0 aromatic rings. The van der Waals surface area contributed by atoms with Gasteiger partial charge in [-0.15, -0.1) is 0 Å². The maximum atomic E-state index is 12.4. The largest absolute Gasteiger partial charge is 0.394 e. The summed E-state index contributed by atoms with van der Waals surface area (Å²) in [5.41, 5.74) is -0.254. The van der Waals surface area contributed by atoms with Gasteiger partial charge < -0.3 is 15.7 Å². The minimum atomic E-state index is -0.254. The number of carbonyl (C=O) groups excluding carboxylic acids is 1. The molecule has 3 N–H and O–H groups in total. The molecule has 4 nitrogen and oxygen atoms in total. The predicted octanol–water partition coefficient (Wildman–Crippen LogP) is 1.04. The van der Waals surface area contributed by atoms with Gasteiger partial charge in [-0.05, 0) is 32.2 Å². The van der Waals surface area contributed by atoms with E-state index in [1.54, 1.807) is 0 Å². The Bertz CT molecular complexity index is 228. The number of aliphatic hydroxyl groups is 1. The van der Waals surface area contributed by atoms with Gasteiger partial charge >= 0.3 is 0 Å². The maximum absolute atomic E-state index is 12.4. The minimum Gasteiger partial charge on any atom is -0.394 e. The predicted molar refractivity (Wildman–Crippen MR) is 68.8 cm³/mol. The number of hydrogen-bond donors (Lipinski definition) is 3. The van der Waals surface area contributed by atoms with E-state index in [0.717, 1.165) is 45.2 Å². The zero-order chi connectivity index (χ0) is 12.7. The Morgan fingerprint density at radius 2 is 2.29 bits per heavy atom. The average Bonchev–Trinajstić information content (AvgIpc) is 2.37. The molecule has 1 aliphatic rings. The Hall–Kier alpha value is -0.610. The lowest BCUT2D eigenvalue weighted by molar-refractivity contribution is -0.133. The molecule has 100 valence electrons. The lowest BCUT2D eigenvalue weighted by Crippen LogP contribution is -2.53. The summed E-state index contributed by atoms with van der Waals surface area (Å²) in [5.74, 6) is 0.118. The average molecular weight is 242 g/mol. The van der Waals surface area contributed by atoms with Gasteiger partial charge in [0.15, 0.2) is 0 Å². The molecule has 0 aliphatic carbocycles. The Kier molecular flexibility index (Phi) is 5.92. The fourth-order valence-corrected chi connectivity index (χ4v) is 2.58. The van der Waals surface area contributed by atoms with Gasteiger partial charge in [0.25, 0.3) is 0 Å². The van der Waals surface area contributed by atoms with Crippen molar-refractivity contribution in [2.75, 3.05) is 19.7 Å². The smallest absolute Gasteiger partial charge is 0.227 e. The van der Waals surface area contributed by atoms with Crippen LogP contribution in [0.25, 0.3) is 0 Å². The Balaban J connectivity index is 2.65. The van der Waals surface area contributed by atoms with Gasteiger partial charge in [-0.25, -0.2) is 0 Å². The maximum Gasteiger partial charge on any atom is 0.227 e. The first-order valence-corrected chi connectivity index (χ1v) is 6.81. The topological polar surface area (TPSA) is 61.4 Å². The summed E-state index contributed by atoms with van der Waals surface area (Å²) >= 11 is 0. The van der Waals surface area contributed by atoms with Crippen molar-refractivity contribution in [3.05, 3.63) is 0 Å². The van der Waals surface area contributed by atoms with Crippen molar-refractivity contribution in [3.8, 4) is 0 Å². The van der Waals surface area contributed by atoms with Crippen LogP contribution in [0.2, 0.25) is 0 Å². The molecule has 1 rings (SSSR count). The zero-order valence-electron chi connectivity index (χ0n) is 11.1. The summed E-state index contributed by atoms with van der Waals surface area (Å²) in [7, 11) is 0. The molecular formula is C13H26N2O2. The van der Waals surface area contributed by atoms with Crippen LogP contribution < -0.4 is 10.6 Å². The number of piperidine rings is 1. The molecule has 0 spiro atoms. The van der Waals surface area contributed by atoms with Crippen molar-refractivity contribution in [1.29, 1.82) is 0 Å². The summed E-state index contributed by atoms with van der Waals surface area (Å²) in [6, 6.07) is -0.0989. The van der Waals surface area contributed by atoms with E-state index in [1.807, 2.05) is 6.92 Å². The summed E-state index contributed by atoms with van der Waals surface area (Å²) in [6.45, 7) is 5.90. The summed E-state index contributed by atoms with van der Waals surface area (Å²) in [4.78, 5) is 12.4. The summed E-state index contributed by atoms with van der Waals surface area (Å²) in [6.07, 6.45) is 4.74. The summed E-state index contributed by atoms with van der Waals surface area (Å²) < 4.78 is 0. The van der Waals surface area contributed by atoms with Crippen LogP contribution in [0.5, 0.6) is 0 Å². The molecule has 1 fully saturated rings. The van der Waals surface area contributed by atoms with E-state index in [0.29, 0.717) is 0 Å². The number of amides is 1. The third kappa shape index (κ3) is 3.68. The molecule has 0 aromatic heterocycles. The van der Waals surface area contributed by atoms with Gasteiger partial charge in [0.05, 0.1) is 18.1 Å². The van der Waals surface area contributed by atoms with Crippen LogP contribution in [-0.2, 0) is 4.79 Å². The van der Waals surface area contributed by atoms with Crippen LogP contribution in [0.1, 0.15) is 46.0 Å². The van der Waals surface area contributed by atoms with Gasteiger partial charge in [0.1, 0.15) is 0 Å². The van der Waals surface area contributed by atoms with Crippen LogP contribution in [-0.4, -0.2) is 36.8 Å². The van der Waals surface area contributed by atoms with Crippen molar-refractivity contribution >= 4 is 5.91 Å². The van der Waals surface area contributed by atoms with E-state index in [1.165, 1.54) is 0 Å². The highest BCUT2D eigenvalue weighted by Gasteiger charge is 2.39. The Labute approximate surface area is 104 Å². The summed E-state index contributed by atoms with van der Waals surface area (Å²) in [5, 5.41) is 15.5. The SMILES string of the molecule is CCCC1(C(=O)NC(CC)CO)CCCNC1. The molecule has 2 atom stereocenters. The number of rotatable bonds is 6. The quantitative estimate of drug-likeness (QED) is 0.652. The van der Waals surface area contributed by atoms with Crippen LogP contribution in [0.4, 0.5) is 0 Å². The molecule has 1 heterocycles. The molecule has 2 unspecified atom stereocenters. The number of hydrogen-bond acceptors (Lipinski definition) is 3. The third-order valence-electron chi connectivity index (χ3n) is 3.73. The molecule has 0 aromatic carbocycles. The molecular weight excluding hydrogens is 216 g/mol. The molecule has 1 saturated heterocycles. The molecule has 17 heavy (non-hydrogen) atoms. The van der Waals surface area contributed by atoms with E-state index in [9.17, 15) is 4.79 Å². The third-order valence-corrected chi connectivity index (χ3v) is 3.73. The molecule has 1 aliphatic heterocycles. The molecule has 1 amide bonds. The van der Waals surface area contributed by atoms with Gasteiger partial charge in [-0.3, -0.25) is 4.79 Å². The van der Waals surface area contributed by atoms with Crippen LogP contribution >= 0.6 is 0 Å². The van der Waals surface area contributed by atoms with Crippen LogP contribution in [0.3, 0.4) is 0 Å². The minimum absolute atomic E-state index is 0.0257. The second-order valence-corrected chi connectivity index (χ2v) is 5.07. The van der Waals surface area contributed by atoms with E-state index >= 15 is 0 Å².